The molecule has 6 rings (SSSR count). The fourth-order valence-corrected chi connectivity index (χ4v) is 5.09. The molecule has 1 aliphatic carbocycles. The van der Waals surface area contributed by atoms with E-state index in [0.717, 1.165) is 24.0 Å². The van der Waals surface area contributed by atoms with Crippen molar-refractivity contribution in [3.8, 4) is 17.1 Å². The molecule has 5 aromatic rings. The topological polar surface area (TPSA) is 131 Å². The molecule has 0 spiro atoms. The van der Waals surface area contributed by atoms with E-state index in [1.807, 2.05) is 19.3 Å². The summed E-state index contributed by atoms with van der Waals surface area (Å²) in [7, 11) is 1.82. The van der Waals surface area contributed by atoms with Crippen LogP contribution in [-0.2, 0) is 29.6 Å². The van der Waals surface area contributed by atoms with E-state index >= 15 is 4.39 Å². The fraction of sp³-hybridized carbons (Fsp3) is 0.312. The lowest BCUT2D eigenvalue weighted by Crippen LogP contribution is -2.24. The Balaban J connectivity index is 1.49. The number of nitrogens with two attached hydrogens (primary N) is 1. The minimum atomic E-state index is -0.758. The first kappa shape index (κ1) is 28.2. The largest absolute Gasteiger partial charge is 0.460 e. The van der Waals surface area contributed by atoms with Crippen LogP contribution in [0, 0.1) is 11.2 Å². The molecule has 0 amide bonds. The molecule has 3 heterocycles. The third-order valence-corrected chi connectivity index (χ3v) is 7.46. The van der Waals surface area contributed by atoms with Gasteiger partial charge in [-0.25, -0.2) is 9.37 Å². The Bertz CT molecular complexity index is 1940. The van der Waals surface area contributed by atoms with Crippen LogP contribution in [0.5, 0.6) is 0 Å². The number of esters is 1. The Hall–Kier alpha value is -4.93. The molecule has 0 bridgehead atoms. The number of anilines is 1. The van der Waals surface area contributed by atoms with Crippen molar-refractivity contribution in [2.45, 2.75) is 52.6 Å². The quantitative estimate of drug-likeness (QED) is 0.270. The Labute approximate surface area is 247 Å². The summed E-state index contributed by atoms with van der Waals surface area (Å²) < 4.78 is 24.1. The number of rotatable bonds is 7. The molecule has 43 heavy (non-hydrogen) atoms. The molecular formula is C32H32FN7O3. The summed E-state index contributed by atoms with van der Waals surface area (Å²) in [6.45, 7) is 5.09. The smallest absolute Gasteiger partial charge is 0.311 e. The highest BCUT2D eigenvalue weighted by molar-refractivity contribution is 5.84. The minimum Gasteiger partial charge on any atom is -0.460 e. The van der Waals surface area contributed by atoms with Crippen LogP contribution in [0.1, 0.15) is 62.0 Å². The zero-order valence-corrected chi connectivity index (χ0v) is 24.5. The molecule has 0 atom stereocenters. The van der Waals surface area contributed by atoms with Crippen molar-refractivity contribution >= 4 is 22.7 Å². The summed E-state index contributed by atoms with van der Waals surface area (Å²) in [5, 5.41) is 4.74. The van der Waals surface area contributed by atoms with E-state index in [-0.39, 0.29) is 23.8 Å². The number of pyridine rings is 1. The Morgan fingerprint density at radius 2 is 1.93 bits per heavy atom. The molecule has 2 aromatic carbocycles. The first-order valence-electron chi connectivity index (χ1n) is 14.1. The Kier molecular flexibility index (Phi) is 7.03. The van der Waals surface area contributed by atoms with Crippen molar-refractivity contribution in [1.29, 1.82) is 0 Å². The molecular weight excluding hydrogens is 549 g/mol. The minimum absolute atomic E-state index is 0.00176. The average Bonchev–Trinajstić information content (AvgIpc) is 3.72. The monoisotopic (exact) mass is 581 g/mol. The number of carbonyl (C=O) groups is 1. The number of fused-ring (bicyclic) bond motifs is 1. The number of hydrogen-bond donors (Lipinski definition) is 1. The molecule has 1 saturated carbocycles. The molecule has 0 aliphatic heterocycles. The van der Waals surface area contributed by atoms with Crippen molar-refractivity contribution in [2.75, 3.05) is 5.73 Å². The Morgan fingerprint density at radius 1 is 1.14 bits per heavy atom. The first-order valence-corrected chi connectivity index (χ1v) is 14.1. The number of aryl methyl sites for hydroxylation is 1. The van der Waals surface area contributed by atoms with Crippen LogP contribution in [-0.4, -0.2) is 35.3 Å². The fourth-order valence-electron chi connectivity index (χ4n) is 5.09. The lowest BCUT2D eigenvalue weighted by Gasteiger charge is -2.20. The SMILES string of the molecule is Cn1cc(Cc2nc(N)nc(-c3cccc(-n4ccc5cc(C6CC6)cc(F)c5c4=O)c3COC(=O)C(C)(C)C)n2)cn1. The van der Waals surface area contributed by atoms with Crippen molar-refractivity contribution in [2.24, 2.45) is 12.5 Å². The summed E-state index contributed by atoms with van der Waals surface area (Å²) in [5.74, 6) is 0.0616. The van der Waals surface area contributed by atoms with E-state index in [4.69, 9.17) is 10.5 Å². The maximum atomic E-state index is 15.4. The summed E-state index contributed by atoms with van der Waals surface area (Å²) in [4.78, 5) is 40.0. The molecule has 0 saturated heterocycles. The lowest BCUT2D eigenvalue weighted by molar-refractivity contribution is -0.154. The van der Waals surface area contributed by atoms with Crippen LogP contribution in [0.25, 0.3) is 27.8 Å². The van der Waals surface area contributed by atoms with Gasteiger partial charge in [-0.1, -0.05) is 18.2 Å². The van der Waals surface area contributed by atoms with Crippen LogP contribution in [0.4, 0.5) is 10.3 Å². The zero-order chi connectivity index (χ0) is 30.5. The summed E-state index contributed by atoms with van der Waals surface area (Å²) in [6, 6.07) is 10.3. The average molecular weight is 582 g/mol. The van der Waals surface area contributed by atoms with Crippen LogP contribution < -0.4 is 11.3 Å². The van der Waals surface area contributed by atoms with Gasteiger partial charge >= 0.3 is 5.97 Å². The molecule has 0 unspecified atom stereocenters. The second-order valence-corrected chi connectivity index (χ2v) is 12.0. The van der Waals surface area contributed by atoms with Crippen molar-refractivity contribution in [3.05, 3.63) is 93.7 Å². The normalized spacial score (nSPS) is 13.4. The van der Waals surface area contributed by atoms with Gasteiger partial charge in [0.2, 0.25) is 5.95 Å². The number of ether oxygens (including phenoxy) is 1. The third kappa shape index (κ3) is 5.75. The number of carbonyl (C=O) groups excluding carboxylic acids is 1. The number of nitrogen functional groups attached to an aromatic ring is 1. The second-order valence-electron chi connectivity index (χ2n) is 12.0. The zero-order valence-electron chi connectivity index (χ0n) is 24.5. The van der Waals surface area contributed by atoms with Gasteiger partial charge < -0.3 is 10.5 Å². The lowest BCUT2D eigenvalue weighted by atomic mass is 9.97. The molecule has 1 aliphatic rings. The van der Waals surface area contributed by atoms with Crippen LogP contribution in [0.15, 0.2) is 59.8 Å². The van der Waals surface area contributed by atoms with Crippen molar-refractivity contribution in [1.82, 2.24) is 29.3 Å². The van der Waals surface area contributed by atoms with Gasteiger partial charge in [-0.2, -0.15) is 15.1 Å². The van der Waals surface area contributed by atoms with E-state index in [2.05, 4.69) is 20.1 Å². The van der Waals surface area contributed by atoms with Gasteiger partial charge in [-0.05, 0) is 74.2 Å². The van der Waals surface area contributed by atoms with Crippen LogP contribution >= 0.6 is 0 Å². The highest BCUT2D eigenvalue weighted by Gasteiger charge is 2.27. The molecule has 220 valence electrons. The van der Waals surface area contributed by atoms with Gasteiger partial charge in [-0.3, -0.25) is 18.8 Å². The van der Waals surface area contributed by atoms with Crippen molar-refractivity contribution < 1.29 is 13.9 Å². The predicted molar refractivity (Wildman–Crippen MR) is 160 cm³/mol. The number of halogens is 1. The van der Waals surface area contributed by atoms with Crippen LogP contribution in [0.3, 0.4) is 0 Å². The first-order chi connectivity index (χ1) is 20.5. The predicted octanol–water partition coefficient (Wildman–Crippen LogP) is 4.86. The number of aromatic nitrogens is 6. The van der Waals surface area contributed by atoms with Gasteiger partial charge in [0.15, 0.2) is 5.82 Å². The maximum absolute atomic E-state index is 15.4. The van der Waals surface area contributed by atoms with E-state index in [9.17, 15) is 9.59 Å². The van der Waals surface area contributed by atoms with Gasteiger partial charge in [0.05, 0.1) is 22.7 Å². The van der Waals surface area contributed by atoms with E-state index < -0.39 is 22.8 Å². The van der Waals surface area contributed by atoms with E-state index in [0.29, 0.717) is 40.4 Å². The standard InChI is InChI=1S/C32H32FN7O3/c1-32(2,3)30(42)43-17-23-22(28-36-26(37-31(34)38-28)12-18-15-35-39(4)16-18)6-5-7-25(23)40-11-10-20-13-21(19-8-9-19)14-24(33)27(20)29(40)41/h5-7,10-11,13-16,19H,8-9,12,17H2,1-4H3,(H2,34,36,37,38). The van der Waals surface area contributed by atoms with E-state index in [1.165, 1.54) is 10.6 Å². The summed E-state index contributed by atoms with van der Waals surface area (Å²) in [5.41, 5.74) is 8.00. The van der Waals surface area contributed by atoms with Crippen LogP contribution in [0.2, 0.25) is 0 Å². The van der Waals surface area contributed by atoms with E-state index in [1.54, 1.807) is 62.1 Å². The second kappa shape index (κ2) is 10.7. The van der Waals surface area contributed by atoms with Gasteiger partial charge in [0.1, 0.15) is 18.2 Å². The number of benzene rings is 2. The molecule has 2 N–H and O–H groups in total. The van der Waals surface area contributed by atoms with Gasteiger partial charge in [0.25, 0.3) is 5.56 Å². The number of hydrogen-bond acceptors (Lipinski definition) is 8. The highest BCUT2D eigenvalue weighted by atomic mass is 19.1. The third-order valence-electron chi connectivity index (χ3n) is 7.46. The highest BCUT2D eigenvalue weighted by Crippen LogP contribution is 2.41. The molecule has 0 radical (unpaired) electrons. The summed E-state index contributed by atoms with van der Waals surface area (Å²) >= 11 is 0. The molecule has 10 nitrogen and oxygen atoms in total. The molecule has 1 fully saturated rings. The van der Waals surface area contributed by atoms with Crippen molar-refractivity contribution in [3.63, 3.8) is 0 Å². The molecule has 3 aromatic heterocycles. The number of nitrogens with zero attached hydrogens (tertiary/aromatic N) is 6. The molecule has 11 heteroatoms. The maximum Gasteiger partial charge on any atom is 0.311 e. The van der Waals surface area contributed by atoms with Gasteiger partial charge in [-0.15, -0.1) is 0 Å². The Morgan fingerprint density at radius 3 is 2.63 bits per heavy atom. The van der Waals surface area contributed by atoms with Gasteiger partial charge in [0, 0.05) is 37.0 Å². The summed E-state index contributed by atoms with van der Waals surface area (Å²) in [6.07, 6.45) is 7.61.